The fourth-order valence-electron chi connectivity index (χ4n) is 3.00. The van der Waals surface area contributed by atoms with Gasteiger partial charge in [0.2, 0.25) is 0 Å². The molecule has 1 amide bonds. The first-order chi connectivity index (χ1) is 12.4. The molecule has 2 aromatic carbocycles. The summed E-state index contributed by atoms with van der Waals surface area (Å²) in [7, 11) is 1.62. The Hall–Kier alpha value is -2.53. The first kappa shape index (κ1) is 18.3. The second-order valence-corrected chi connectivity index (χ2v) is 7.27. The van der Waals surface area contributed by atoms with E-state index in [4.69, 9.17) is 14.2 Å². The predicted molar refractivity (Wildman–Crippen MR) is 98.9 cm³/mol. The van der Waals surface area contributed by atoms with Crippen LogP contribution in [0.5, 0.6) is 5.75 Å². The zero-order chi connectivity index (χ0) is 18.7. The Kier molecular flexibility index (Phi) is 5.18. The summed E-state index contributed by atoms with van der Waals surface area (Å²) in [5.41, 5.74) is 1.33. The summed E-state index contributed by atoms with van der Waals surface area (Å²) in [6.07, 6.45) is -0.884. The van der Waals surface area contributed by atoms with Crippen molar-refractivity contribution in [2.75, 3.05) is 13.7 Å². The van der Waals surface area contributed by atoms with Crippen molar-refractivity contribution in [3.05, 3.63) is 65.7 Å². The van der Waals surface area contributed by atoms with E-state index >= 15 is 0 Å². The van der Waals surface area contributed by atoms with Crippen molar-refractivity contribution >= 4 is 6.09 Å². The van der Waals surface area contributed by atoms with Crippen LogP contribution in [0.1, 0.15) is 44.2 Å². The van der Waals surface area contributed by atoms with Gasteiger partial charge in [-0.1, -0.05) is 42.5 Å². The van der Waals surface area contributed by atoms with Crippen molar-refractivity contribution in [2.45, 2.75) is 38.6 Å². The fraction of sp³-hybridized carbons (Fsp3) is 0.381. The third-order valence-corrected chi connectivity index (χ3v) is 4.19. The van der Waals surface area contributed by atoms with Crippen molar-refractivity contribution in [3.8, 4) is 5.75 Å². The fourth-order valence-corrected chi connectivity index (χ4v) is 3.00. The van der Waals surface area contributed by atoms with Crippen LogP contribution in [0.4, 0.5) is 4.79 Å². The van der Waals surface area contributed by atoms with E-state index in [-0.39, 0.29) is 12.1 Å². The molecule has 0 spiro atoms. The van der Waals surface area contributed by atoms with Gasteiger partial charge < -0.3 is 14.2 Å². The molecule has 0 saturated carbocycles. The molecule has 1 heterocycles. The Morgan fingerprint density at radius 2 is 1.69 bits per heavy atom. The number of hydrogen-bond acceptors (Lipinski definition) is 4. The lowest BCUT2D eigenvalue weighted by Gasteiger charge is -2.31. The Morgan fingerprint density at radius 3 is 2.27 bits per heavy atom. The Morgan fingerprint density at radius 1 is 1.04 bits per heavy atom. The molecular formula is C21H25NO4. The van der Waals surface area contributed by atoms with E-state index in [1.807, 2.05) is 75.4 Å². The number of ether oxygens (including phenoxy) is 3. The molecule has 1 unspecified atom stereocenters. The van der Waals surface area contributed by atoms with Crippen molar-refractivity contribution in [2.24, 2.45) is 0 Å². The van der Waals surface area contributed by atoms with Gasteiger partial charge in [-0.2, -0.15) is 0 Å². The molecular weight excluding hydrogens is 330 g/mol. The molecule has 1 saturated heterocycles. The molecule has 0 aliphatic carbocycles. The summed E-state index contributed by atoms with van der Waals surface area (Å²) >= 11 is 0. The molecule has 3 rings (SSSR count). The van der Waals surface area contributed by atoms with Gasteiger partial charge in [0.25, 0.3) is 0 Å². The second kappa shape index (κ2) is 7.38. The van der Waals surface area contributed by atoms with Gasteiger partial charge in [0.15, 0.2) is 6.23 Å². The summed E-state index contributed by atoms with van der Waals surface area (Å²) in [5, 5.41) is 0. The smallest absolute Gasteiger partial charge is 0.413 e. The highest BCUT2D eigenvalue weighted by molar-refractivity contribution is 5.70. The Balaban J connectivity index is 1.93. The molecule has 5 nitrogen and oxygen atoms in total. The van der Waals surface area contributed by atoms with Gasteiger partial charge in [-0.05, 0) is 38.5 Å². The topological polar surface area (TPSA) is 48.0 Å². The molecule has 0 bridgehead atoms. The highest BCUT2D eigenvalue weighted by atomic mass is 16.6. The van der Waals surface area contributed by atoms with Gasteiger partial charge in [0, 0.05) is 5.56 Å². The lowest BCUT2D eigenvalue weighted by Crippen LogP contribution is -2.38. The number of methoxy groups -OCH3 is 1. The van der Waals surface area contributed by atoms with Crippen molar-refractivity contribution in [3.63, 3.8) is 0 Å². The van der Waals surface area contributed by atoms with Crippen LogP contribution in [0, 0.1) is 0 Å². The minimum Gasteiger partial charge on any atom is -0.497 e. The Labute approximate surface area is 154 Å². The van der Waals surface area contributed by atoms with E-state index in [0.29, 0.717) is 6.61 Å². The summed E-state index contributed by atoms with van der Waals surface area (Å²) in [5.74, 6) is 0.759. The van der Waals surface area contributed by atoms with Gasteiger partial charge in [-0.15, -0.1) is 0 Å². The average molecular weight is 355 g/mol. The van der Waals surface area contributed by atoms with Crippen molar-refractivity contribution in [1.82, 2.24) is 4.90 Å². The standard InChI is InChI=1S/C21H25NO4/c1-21(2,3)26-20(23)22-18(15-8-6-5-7-9-15)14-25-19(22)16-10-12-17(24-4)13-11-16/h5-13,18-19H,14H2,1-4H3/t18-,19?/m1/s1. The van der Waals surface area contributed by atoms with E-state index in [9.17, 15) is 4.79 Å². The maximum atomic E-state index is 13.0. The van der Waals surface area contributed by atoms with Crippen LogP contribution >= 0.6 is 0 Å². The SMILES string of the molecule is COc1ccc(C2OC[C@H](c3ccccc3)N2C(=O)OC(C)(C)C)cc1. The normalized spacial score (nSPS) is 20.1. The minimum absolute atomic E-state index is 0.196. The number of rotatable bonds is 3. The molecule has 1 aliphatic rings. The number of benzene rings is 2. The summed E-state index contributed by atoms with van der Waals surface area (Å²) in [4.78, 5) is 14.6. The lowest BCUT2D eigenvalue weighted by molar-refractivity contribution is -0.0142. The predicted octanol–water partition coefficient (Wildman–Crippen LogP) is 4.70. The maximum absolute atomic E-state index is 13.0. The number of carbonyl (C=O) groups is 1. The van der Waals surface area contributed by atoms with Gasteiger partial charge in [0.1, 0.15) is 11.4 Å². The summed E-state index contributed by atoms with van der Waals surface area (Å²) < 4.78 is 16.9. The van der Waals surface area contributed by atoms with Crippen LogP contribution in [0.15, 0.2) is 54.6 Å². The molecule has 0 radical (unpaired) electrons. The van der Waals surface area contributed by atoms with Crippen LogP contribution in [0.3, 0.4) is 0 Å². The number of hydrogen-bond donors (Lipinski definition) is 0. The molecule has 0 N–H and O–H groups in total. The maximum Gasteiger partial charge on any atom is 0.413 e. The van der Waals surface area contributed by atoms with Gasteiger partial charge in [-0.3, -0.25) is 4.90 Å². The van der Waals surface area contributed by atoms with E-state index < -0.39 is 11.8 Å². The summed E-state index contributed by atoms with van der Waals surface area (Å²) in [6, 6.07) is 17.2. The van der Waals surface area contributed by atoms with Crippen LogP contribution < -0.4 is 4.74 Å². The zero-order valence-corrected chi connectivity index (χ0v) is 15.6. The van der Waals surface area contributed by atoms with Gasteiger partial charge in [-0.25, -0.2) is 4.79 Å². The van der Waals surface area contributed by atoms with Crippen LogP contribution in [-0.2, 0) is 9.47 Å². The van der Waals surface area contributed by atoms with Crippen LogP contribution in [-0.4, -0.2) is 30.3 Å². The first-order valence-corrected chi connectivity index (χ1v) is 8.71. The first-order valence-electron chi connectivity index (χ1n) is 8.71. The molecule has 5 heteroatoms. The molecule has 1 fully saturated rings. The number of carbonyl (C=O) groups excluding carboxylic acids is 1. The third-order valence-electron chi connectivity index (χ3n) is 4.19. The molecule has 138 valence electrons. The number of nitrogens with zero attached hydrogens (tertiary/aromatic N) is 1. The largest absolute Gasteiger partial charge is 0.497 e. The molecule has 26 heavy (non-hydrogen) atoms. The van der Waals surface area contributed by atoms with Crippen molar-refractivity contribution < 1.29 is 19.0 Å². The minimum atomic E-state index is -0.578. The monoisotopic (exact) mass is 355 g/mol. The Bertz CT molecular complexity index is 737. The van der Waals surface area contributed by atoms with E-state index in [0.717, 1.165) is 16.9 Å². The number of amides is 1. The lowest BCUT2D eigenvalue weighted by atomic mass is 10.1. The molecule has 0 aromatic heterocycles. The van der Waals surface area contributed by atoms with Crippen molar-refractivity contribution in [1.29, 1.82) is 0 Å². The average Bonchev–Trinajstić information content (AvgIpc) is 3.06. The third kappa shape index (κ3) is 3.99. The molecule has 2 aromatic rings. The highest BCUT2D eigenvalue weighted by Crippen LogP contribution is 2.40. The van der Waals surface area contributed by atoms with E-state index in [1.54, 1.807) is 12.0 Å². The molecule has 2 atom stereocenters. The van der Waals surface area contributed by atoms with Gasteiger partial charge >= 0.3 is 6.09 Å². The quantitative estimate of drug-likeness (QED) is 0.800. The highest BCUT2D eigenvalue weighted by Gasteiger charge is 2.41. The summed E-state index contributed by atoms with van der Waals surface area (Å²) in [6.45, 7) is 6.01. The van der Waals surface area contributed by atoms with Gasteiger partial charge in [0.05, 0.1) is 19.8 Å². The zero-order valence-electron chi connectivity index (χ0n) is 15.6. The van der Waals surface area contributed by atoms with Crippen LogP contribution in [0.2, 0.25) is 0 Å². The second-order valence-electron chi connectivity index (χ2n) is 7.27. The van der Waals surface area contributed by atoms with Crippen LogP contribution in [0.25, 0.3) is 0 Å². The van der Waals surface area contributed by atoms with E-state index in [1.165, 1.54) is 0 Å². The van der Waals surface area contributed by atoms with E-state index in [2.05, 4.69) is 0 Å². The molecule has 1 aliphatic heterocycles.